The third kappa shape index (κ3) is 6.20. The van der Waals surface area contributed by atoms with Crippen molar-refractivity contribution in [1.29, 1.82) is 0 Å². The smallest absolute Gasteiger partial charge is 0.191 e. The maximum Gasteiger partial charge on any atom is 0.191 e. The molecule has 0 amide bonds. The zero-order valence-corrected chi connectivity index (χ0v) is 16.8. The number of rotatable bonds is 4. The van der Waals surface area contributed by atoms with E-state index in [0.717, 1.165) is 44.1 Å². The highest BCUT2D eigenvalue weighted by atomic mass is 127. The number of piperidine rings is 2. The Labute approximate surface area is 153 Å². The topological polar surface area (TPSA) is 48.1 Å². The lowest BCUT2D eigenvalue weighted by atomic mass is 10.00. The van der Waals surface area contributed by atoms with Crippen LogP contribution in [0.25, 0.3) is 0 Å². The second-order valence-corrected chi connectivity index (χ2v) is 6.95. The summed E-state index contributed by atoms with van der Waals surface area (Å²) in [5, 5.41) is 0. The Morgan fingerprint density at radius 1 is 1.09 bits per heavy atom. The van der Waals surface area contributed by atoms with Crippen molar-refractivity contribution in [3.05, 3.63) is 0 Å². The van der Waals surface area contributed by atoms with Crippen molar-refractivity contribution in [2.45, 2.75) is 38.6 Å². The Kier molecular flexibility index (Phi) is 9.01. The Morgan fingerprint density at radius 2 is 1.68 bits per heavy atom. The highest BCUT2D eigenvalue weighted by molar-refractivity contribution is 14.0. The van der Waals surface area contributed by atoms with Crippen LogP contribution < -0.4 is 5.73 Å². The number of guanidine groups is 1. The van der Waals surface area contributed by atoms with Gasteiger partial charge < -0.3 is 20.4 Å². The summed E-state index contributed by atoms with van der Waals surface area (Å²) in [5.41, 5.74) is 6.12. The van der Waals surface area contributed by atoms with Gasteiger partial charge in [-0.3, -0.25) is 4.99 Å². The van der Waals surface area contributed by atoms with Crippen LogP contribution in [0.15, 0.2) is 4.99 Å². The molecule has 0 aromatic rings. The number of halogens is 1. The van der Waals surface area contributed by atoms with Crippen molar-refractivity contribution in [3.8, 4) is 0 Å². The molecule has 5 nitrogen and oxygen atoms in total. The van der Waals surface area contributed by atoms with Crippen LogP contribution in [-0.4, -0.2) is 80.1 Å². The zero-order valence-electron chi connectivity index (χ0n) is 14.5. The summed E-state index contributed by atoms with van der Waals surface area (Å²) in [6.45, 7) is 8.74. The standard InChI is InChI=1S/C16H33N5.HI/c1-14-4-11-21(12-5-14)16(17)18-8-13-20-9-6-15(7-10-20)19(2)3;/h14-15H,4-13H2,1-3H3,(H2,17,18);1H. The molecule has 2 heterocycles. The van der Waals surface area contributed by atoms with Crippen molar-refractivity contribution >= 4 is 29.9 Å². The first-order valence-electron chi connectivity index (χ1n) is 8.50. The quantitative estimate of drug-likeness (QED) is 0.425. The number of hydrogen-bond donors (Lipinski definition) is 1. The van der Waals surface area contributed by atoms with Crippen molar-refractivity contribution in [2.24, 2.45) is 16.6 Å². The van der Waals surface area contributed by atoms with Crippen LogP contribution in [0.4, 0.5) is 0 Å². The molecule has 2 N–H and O–H groups in total. The molecular formula is C16H34IN5. The third-order valence-electron chi connectivity index (χ3n) is 5.09. The van der Waals surface area contributed by atoms with Gasteiger partial charge in [0.25, 0.3) is 0 Å². The van der Waals surface area contributed by atoms with Gasteiger partial charge in [-0.25, -0.2) is 0 Å². The summed E-state index contributed by atoms with van der Waals surface area (Å²) in [4.78, 5) is 11.7. The van der Waals surface area contributed by atoms with Crippen molar-refractivity contribution in [3.63, 3.8) is 0 Å². The predicted molar refractivity (Wildman–Crippen MR) is 105 cm³/mol. The number of hydrogen-bond acceptors (Lipinski definition) is 3. The minimum Gasteiger partial charge on any atom is -0.370 e. The number of nitrogens with two attached hydrogens (primary N) is 1. The van der Waals surface area contributed by atoms with E-state index < -0.39 is 0 Å². The minimum atomic E-state index is 0. The van der Waals surface area contributed by atoms with E-state index in [1.807, 2.05) is 0 Å². The first-order valence-corrected chi connectivity index (χ1v) is 8.50. The average Bonchev–Trinajstić information content (AvgIpc) is 2.48. The van der Waals surface area contributed by atoms with Crippen LogP contribution in [-0.2, 0) is 0 Å². The SMILES string of the molecule is CC1CCN(C(N)=NCCN2CCC(N(C)C)CC2)CC1.I. The molecule has 0 unspecified atom stereocenters. The summed E-state index contributed by atoms with van der Waals surface area (Å²) in [7, 11) is 4.37. The van der Waals surface area contributed by atoms with E-state index in [1.165, 1.54) is 38.8 Å². The summed E-state index contributed by atoms with van der Waals surface area (Å²) in [6.07, 6.45) is 5.04. The monoisotopic (exact) mass is 423 g/mol. The summed E-state index contributed by atoms with van der Waals surface area (Å²) >= 11 is 0. The normalized spacial score (nSPS) is 22.9. The van der Waals surface area contributed by atoms with Gasteiger partial charge in [-0.15, -0.1) is 24.0 Å². The fraction of sp³-hybridized carbons (Fsp3) is 0.938. The van der Waals surface area contributed by atoms with E-state index in [-0.39, 0.29) is 24.0 Å². The zero-order chi connectivity index (χ0) is 15.2. The Hall–Kier alpha value is -0.0800. The molecule has 22 heavy (non-hydrogen) atoms. The highest BCUT2D eigenvalue weighted by Crippen LogP contribution is 2.16. The van der Waals surface area contributed by atoms with Crippen molar-refractivity contribution < 1.29 is 0 Å². The minimum absolute atomic E-state index is 0. The fourth-order valence-corrected chi connectivity index (χ4v) is 3.30. The first kappa shape index (κ1) is 20.0. The van der Waals surface area contributed by atoms with Crippen molar-refractivity contribution in [1.82, 2.24) is 14.7 Å². The van der Waals surface area contributed by atoms with E-state index in [4.69, 9.17) is 5.73 Å². The number of aliphatic imine (C=N–C) groups is 1. The molecule has 2 aliphatic heterocycles. The molecule has 130 valence electrons. The molecule has 0 radical (unpaired) electrons. The lowest BCUT2D eigenvalue weighted by Crippen LogP contribution is -2.44. The molecule has 2 fully saturated rings. The second-order valence-electron chi connectivity index (χ2n) is 6.95. The summed E-state index contributed by atoms with van der Waals surface area (Å²) < 4.78 is 0. The van der Waals surface area contributed by atoms with Gasteiger partial charge >= 0.3 is 0 Å². The molecule has 0 saturated carbocycles. The Bertz CT molecular complexity index is 331. The van der Waals surface area contributed by atoms with Gasteiger partial charge in [-0.2, -0.15) is 0 Å². The molecular weight excluding hydrogens is 389 g/mol. The molecule has 0 spiro atoms. The van der Waals surface area contributed by atoms with E-state index in [1.54, 1.807) is 0 Å². The molecule has 0 aromatic carbocycles. The summed E-state index contributed by atoms with van der Waals surface area (Å²) in [5.74, 6) is 1.59. The fourth-order valence-electron chi connectivity index (χ4n) is 3.30. The maximum absolute atomic E-state index is 6.12. The Morgan fingerprint density at radius 3 is 2.23 bits per heavy atom. The van der Waals surface area contributed by atoms with Crippen LogP contribution in [0.3, 0.4) is 0 Å². The molecule has 0 atom stereocenters. The van der Waals surface area contributed by atoms with E-state index in [9.17, 15) is 0 Å². The van der Waals surface area contributed by atoms with Crippen LogP contribution in [0.1, 0.15) is 32.6 Å². The molecule has 0 bridgehead atoms. The molecule has 0 aliphatic carbocycles. The van der Waals surface area contributed by atoms with Gasteiger partial charge in [0.1, 0.15) is 0 Å². The van der Waals surface area contributed by atoms with Gasteiger partial charge in [0, 0.05) is 25.7 Å². The van der Waals surface area contributed by atoms with Gasteiger partial charge in [0.2, 0.25) is 0 Å². The molecule has 2 rings (SSSR count). The van der Waals surface area contributed by atoms with Gasteiger partial charge in [0.15, 0.2) is 5.96 Å². The third-order valence-corrected chi connectivity index (χ3v) is 5.09. The van der Waals surface area contributed by atoms with Crippen LogP contribution >= 0.6 is 24.0 Å². The van der Waals surface area contributed by atoms with Crippen LogP contribution in [0.2, 0.25) is 0 Å². The van der Waals surface area contributed by atoms with E-state index in [2.05, 4.69) is 40.7 Å². The van der Waals surface area contributed by atoms with Crippen LogP contribution in [0, 0.1) is 5.92 Å². The molecule has 0 aromatic heterocycles. The average molecular weight is 423 g/mol. The van der Waals surface area contributed by atoms with Crippen molar-refractivity contribution in [2.75, 3.05) is 53.4 Å². The Balaban J connectivity index is 0.00000242. The van der Waals surface area contributed by atoms with Gasteiger partial charge in [-0.05, 0) is 58.8 Å². The van der Waals surface area contributed by atoms with Gasteiger partial charge in [0.05, 0.1) is 6.54 Å². The maximum atomic E-state index is 6.12. The largest absolute Gasteiger partial charge is 0.370 e. The number of likely N-dealkylation sites (tertiary alicyclic amines) is 2. The summed E-state index contributed by atoms with van der Waals surface area (Å²) in [6, 6.07) is 0.755. The lowest BCUT2D eigenvalue weighted by Gasteiger charge is -2.35. The molecule has 6 heteroatoms. The van der Waals surface area contributed by atoms with Crippen LogP contribution in [0.5, 0.6) is 0 Å². The van der Waals surface area contributed by atoms with Gasteiger partial charge in [-0.1, -0.05) is 6.92 Å². The highest BCUT2D eigenvalue weighted by Gasteiger charge is 2.20. The molecule has 2 aliphatic rings. The predicted octanol–water partition coefficient (Wildman–Crippen LogP) is 1.68. The first-order chi connectivity index (χ1) is 10.1. The van der Waals surface area contributed by atoms with E-state index >= 15 is 0 Å². The number of nitrogens with zero attached hydrogens (tertiary/aromatic N) is 4. The second kappa shape index (κ2) is 9.93. The molecule has 2 saturated heterocycles. The van der Waals surface area contributed by atoms with E-state index in [0.29, 0.717) is 0 Å². The lowest BCUT2D eigenvalue weighted by molar-refractivity contribution is 0.148.